The topological polar surface area (TPSA) is 58.6 Å². The van der Waals surface area contributed by atoms with Gasteiger partial charge in [0.25, 0.3) is 5.91 Å². The van der Waals surface area contributed by atoms with Gasteiger partial charge < -0.3 is 10.1 Å². The fourth-order valence-corrected chi connectivity index (χ4v) is 3.69. The van der Waals surface area contributed by atoms with Crippen molar-refractivity contribution in [3.8, 4) is 5.75 Å². The summed E-state index contributed by atoms with van der Waals surface area (Å²) in [5.74, 6) is 0.466. The first-order valence-electron chi connectivity index (χ1n) is 8.88. The van der Waals surface area contributed by atoms with Gasteiger partial charge in [-0.25, -0.2) is 4.79 Å². The summed E-state index contributed by atoms with van der Waals surface area (Å²) in [7, 11) is 1.62. The smallest absolute Gasteiger partial charge is 0.325 e. The molecule has 1 saturated heterocycles. The van der Waals surface area contributed by atoms with Crippen molar-refractivity contribution < 1.29 is 14.3 Å². The molecule has 3 aromatic rings. The molecule has 5 nitrogen and oxygen atoms in total. The summed E-state index contributed by atoms with van der Waals surface area (Å²) >= 11 is 6.20. The van der Waals surface area contributed by atoms with Crippen LogP contribution in [0.1, 0.15) is 18.1 Å². The van der Waals surface area contributed by atoms with E-state index in [2.05, 4.69) is 5.32 Å². The van der Waals surface area contributed by atoms with Crippen molar-refractivity contribution in [2.75, 3.05) is 7.11 Å². The molecule has 1 N–H and O–H groups in total. The quantitative estimate of drug-likeness (QED) is 0.664. The van der Waals surface area contributed by atoms with Gasteiger partial charge in [0.2, 0.25) is 0 Å². The SMILES string of the molecule is COc1ccc2cc(C3(C)NC(=O)N(Cc4ccccc4Cl)C3=O)ccc2c1. The largest absolute Gasteiger partial charge is 0.497 e. The molecule has 3 aromatic carbocycles. The van der Waals surface area contributed by atoms with E-state index in [1.54, 1.807) is 20.1 Å². The van der Waals surface area contributed by atoms with E-state index >= 15 is 0 Å². The summed E-state index contributed by atoms with van der Waals surface area (Å²) in [5.41, 5.74) is 0.319. The fraction of sp³-hybridized carbons (Fsp3) is 0.182. The zero-order valence-corrected chi connectivity index (χ0v) is 16.3. The predicted molar refractivity (Wildman–Crippen MR) is 108 cm³/mol. The number of hydrogen-bond donors (Lipinski definition) is 1. The van der Waals surface area contributed by atoms with E-state index in [0.29, 0.717) is 5.02 Å². The van der Waals surface area contributed by atoms with Crippen molar-refractivity contribution in [3.05, 3.63) is 76.8 Å². The molecule has 0 saturated carbocycles. The van der Waals surface area contributed by atoms with Crippen LogP contribution < -0.4 is 10.1 Å². The van der Waals surface area contributed by atoms with Crippen LogP contribution in [0, 0.1) is 0 Å². The molecule has 0 bridgehead atoms. The lowest BCUT2D eigenvalue weighted by molar-refractivity contribution is -0.131. The number of imide groups is 1. The van der Waals surface area contributed by atoms with Crippen LogP contribution in [0.5, 0.6) is 5.75 Å². The second-order valence-electron chi connectivity index (χ2n) is 6.97. The fourth-order valence-electron chi connectivity index (χ4n) is 3.49. The first-order chi connectivity index (χ1) is 13.4. The number of urea groups is 1. The number of rotatable bonds is 4. The Morgan fingerprint density at radius 2 is 1.75 bits per heavy atom. The number of carbonyl (C=O) groups is 2. The average molecular weight is 395 g/mol. The van der Waals surface area contributed by atoms with Crippen LogP contribution in [0.2, 0.25) is 5.02 Å². The molecule has 1 heterocycles. The minimum atomic E-state index is -1.13. The second kappa shape index (κ2) is 6.84. The van der Waals surface area contributed by atoms with E-state index in [0.717, 1.165) is 27.6 Å². The lowest BCUT2D eigenvalue weighted by Crippen LogP contribution is -2.40. The van der Waals surface area contributed by atoms with Crippen molar-refractivity contribution >= 4 is 34.3 Å². The number of hydrogen-bond acceptors (Lipinski definition) is 3. The van der Waals surface area contributed by atoms with E-state index < -0.39 is 11.6 Å². The molecule has 28 heavy (non-hydrogen) atoms. The van der Waals surface area contributed by atoms with Crippen LogP contribution in [0.25, 0.3) is 10.8 Å². The molecule has 3 amide bonds. The standard InChI is InChI=1S/C22H19ClN2O3/c1-22(17-9-7-15-12-18(28-2)10-8-14(15)11-17)20(26)25(21(27)24-22)13-16-5-3-4-6-19(16)23/h3-12H,13H2,1-2H3,(H,24,27). The maximum absolute atomic E-state index is 13.2. The van der Waals surface area contributed by atoms with E-state index in [1.807, 2.05) is 54.6 Å². The number of benzene rings is 3. The molecule has 1 atom stereocenters. The van der Waals surface area contributed by atoms with Gasteiger partial charge in [-0.2, -0.15) is 0 Å². The van der Waals surface area contributed by atoms with E-state index in [4.69, 9.17) is 16.3 Å². The highest BCUT2D eigenvalue weighted by Gasteiger charge is 2.49. The van der Waals surface area contributed by atoms with E-state index in [1.165, 1.54) is 4.90 Å². The number of amides is 3. The summed E-state index contributed by atoms with van der Waals surface area (Å²) < 4.78 is 5.25. The van der Waals surface area contributed by atoms with Gasteiger partial charge in [0, 0.05) is 5.02 Å². The van der Waals surface area contributed by atoms with Crippen LogP contribution in [0.15, 0.2) is 60.7 Å². The van der Waals surface area contributed by atoms with E-state index in [-0.39, 0.29) is 12.5 Å². The highest BCUT2D eigenvalue weighted by Crippen LogP contribution is 2.33. The zero-order chi connectivity index (χ0) is 19.9. The van der Waals surface area contributed by atoms with Gasteiger partial charge in [0.05, 0.1) is 13.7 Å². The highest BCUT2D eigenvalue weighted by atomic mass is 35.5. The summed E-state index contributed by atoms with van der Waals surface area (Å²) in [5, 5.41) is 5.33. The molecular weight excluding hydrogens is 376 g/mol. The maximum Gasteiger partial charge on any atom is 0.325 e. The Balaban J connectivity index is 1.68. The van der Waals surface area contributed by atoms with Gasteiger partial charge in [-0.05, 0) is 53.1 Å². The average Bonchev–Trinajstić information content (AvgIpc) is 2.92. The monoisotopic (exact) mass is 394 g/mol. The molecule has 0 radical (unpaired) electrons. The normalized spacial score (nSPS) is 19.2. The Labute approximate surface area is 167 Å². The van der Waals surface area contributed by atoms with Gasteiger partial charge in [0.15, 0.2) is 0 Å². The number of carbonyl (C=O) groups excluding carboxylic acids is 2. The zero-order valence-electron chi connectivity index (χ0n) is 15.5. The van der Waals surface area contributed by atoms with Gasteiger partial charge in [-0.1, -0.05) is 48.0 Å². The first-order valence-corrected chi connectivity index (χ1v) is 9.26. The molecule has 6 heteroatoms. The van der Waals surface area contributed by atoms with Crippen LogP contribution in [-0.4, -0.2) is 23.9 Å². The van der Waals surface area contributed by atoms with Gasteiger partial charge in [-0.3, -0.25) is 9.69 Å². The molecule has 0 spiro atoms. The molecule has 0 aromatic heterocycles. The third-order valence-electron chi connectivity index (χ3n) is 5.19. The highest BCUT2D eigenvalue weighted by molar-refractivity contribution is 6.31. The van der Waals surface area contributed by atoms with Crippen molar-refractivity contribution in [2.45, 2.75) is 19.0 Å². The predicted octanol–water partition coefficient (Wildman–Crippen LogP) is 4.47. The van der Waals surface area contributed by atoms with Crippen molar-refractivity contribution in [3.63, 3.8) is 0 Å². The molecule has 1 aliphatic heterocycles. The lowest BCUT2D eigenvalue weighted by atomic mass is 9.90. The van der Waals surface area contributed by atoms with Gasteiger partial charge >= 0.3 is 6.03 Å². The van der Waals surface area contributed by atoms with Gasteiger partial charge in [0.1, 0.15) is 11.3 Å². The Kier molecular flexibility index (Phi) is 4.47. The minimum absolute atomic E-state index is 0.130. The van der Waals surface area contributed by atoms with Crippen LogP contribution >= 0.6 is 11.6 Å². The Hall–Kier alpha value is -3.05. The molecule has 1 unspecified atom stereocenters. The van der Waals surface area contributed by atoms with Crippen LogP contribution in [0.4, 0.5) is 4.79 Å². The number of nitrogens with zero attached hydrogens (tertiary/aromatic N) is 1. The van der Waals surface area contributed by atoms with E-state index in [9.17, 15) is 9.59 Å². The summed E-state index contributed by atoms with van der Waals surface area (Å²) in [4.78, 5) is 26.9. The molecular formula is C22H19ClN2O3. The molecule has 1 fully saturated rings. The third-order valence-corrected chi connectivity index (χ3v) is 5.55. The molecule has 142 valence electrons. The van der Waals surface area contributed by atoms with Gasteiger partial charge in [-0.15, -0.1) is 0 Å². The molecule has 1 aliphatic rings. The summed E-state index contributed by atoms with van der Waals surface area (Å²) in [6.07, 6.45) is 0. The second-order valence-corrected chi connectivity index (χ2v) is 7.37. The Morgan fingerprint density at radius 3 is 2.50 bits per heavy atom. The first kappa shape index (κ1) is 18.3. The lowest BCUT2D eigenvalue weighted by Gasteiger charge is -2.23. The van der Waals surface area contributed by atoms with Crippen LogP contribution in [-0.2, 0) is 16.9 Å². The van der Waals surface area contributed by atoms with Crippen molar-refractivity contribution in [2.24, 2.45) is 0 Å². The molecule has 4 rings (SSSR count). The Bertz CT molecular complexity index is 1100. The number of ether oxygens (including phenoxy) is 1. The molecule has 0 aliphatic carbocycles. The number of nitrogens with one attached hydrogen (secondary N) is 1. The summed E-state index contributed by atoms with van der Waals surface area (Å²) in [6.45, 7) is 1.86. The third kappa shape index (κ3) is 2.98. The van der Waals surface area contributed by atoms with Crippen LogP contribution in [0.3, 0.4) is 0 Å². The maximum atomic E-state index is 13.2. The number of halogens is 1. The van der Waals surface area contributed by atoms with Crippen molar-refractivity contribution in [1.82, 2.24) is 10.2 Å². The number of methoxy groups -OCH3 is 1. The number of fused-ring (bicyclic) bond motifs is 1. The summed E-state index contributed by atoms with van der Waals surface area (Å²) in [6, 6.07) is 18.2. The Morgan fingerprint density at radius 1 is 1.04 bits per heavy atom. The minimum Gasteiger partial charge on any atom is -0.497 e. The van der Waals surface area contributed by atoms with Crippen molar-refractivity contribution in [1.29, 1.82) is 0 Å².